The first-order chi connectivity index (χ1) is 10.0. The summed E-state index contributed by atoms with van der Waals surface area (Å²) in [5, 5.41) is 20.0. The van der Waals surface area contributed by atoms with Crippen LogP contribution in [-0.2, 0) is 0 Å². The Morgan fingerprint density at radius 3 is 2.57 bits per heavy atom. The van der Waals surface area contributed by atoms with Crippen molar-refractivity contribution in [2.75, 3.05) is 0 Å². The van der Waals surface area contributed by atoms with Gasteiger partial charge in [0.05, 0.1) is 0 Å². The number of benzene rings is 2. The van der Waals surface area contributed by atoms with Gasteiger partial charge in [0.15, 0.2) is 11.5 Å². The van der Waals surface area contributed by atoms with E-state index in [2.05, 4.69) is 0 Å². The van der Waals surface area contributed by atoms with Crippen LogP contribution in [0.4, 0.5) is 0 Å². The van der Waals surface area contributed by atoms with E-state index >= 15 is 0 Å². The summed E-state index contributed by atoms with van der Waals surface area (Å²) >= 11 is 5.72. The predicted molar refractivity (Wildman–Crippen MR) is 77.3 cm³/mol. The van der Waals surface area contributed by atoms with Gasteiger partial charge in [0.1, 0.15) is 11.3 Å². The van der Waals surface area contributed by atoms with Crippen molar-refractivity contribution in [3.05, 3.63) is 57.9 Å². The van der Waals surface area contributed by atoms with Gasteiger partial charge in [0.25, 0.3) is 0 Å². The van der Waals surface area contributed by atoms with Crippen LogP contribution in [-0.4, -0.2) is 10.2 Å². The molecule has 0 unspecified atom stereocenters. The number of ether oxygens (including phenoxy) is 1. The molecule has 0 fully saturated rings. The number of rotatable bonds is 2. The Balaban J connectivity index is 2.06. The minimum Gasteiger partial charge on any atom is -0.508 e. The first-order valence-corrected chi connectivity index (χ1v) is 6.34. The molecule has 0 aliphatic heterocycles. The quantitative estimate of drug-likeness (QED) is 0.706. The Labute approximate surface area is 123 Å². The average Bonchev–Trinajstić information content (AvgIpc) is 2.42. The lowest BCUT2D eigenvalue weighted by Crippen LogP contribution is -2.03. The minimum absolute atomic E-state index is 0.00494. The molecule has 3 aromatic rings. The predicted octanol–water partition coefficient (Wildman–Crippen LogP) is 3.65. The van der Waals surface area contributed by atoms with Crippen molar-refractivity contribution in [2.24, 2.45) is 0 Å². The summed E-state index contributed by atoms with van der Waals surface area (Å²) < 4.78 is 10.4. The molecular formula is C15H9ClO5. The van der Waals surface area contributed by atoms with E-state index in [0.29, 0.717) is 10.4 Å². The topological polar surface area (TPSA) is 79.9 Å². The summed E-state index contributed by atoms with van der Waals surface area (Å²) in [5.74, 6) is -0.182. The molecule has 1 heterocycles. The van der Waals surface area contributed by atoms with Gasteiger partial charge in [-0.25, -0.2) is 4.79 Å². The maximum atomic E-state index is 11.8. The zero-order chi connectivity index (χ0) is 15.0. The minimum atomic E-state index is -0.720. The molecule has 2 N–H and O–H groups in total. The monoisotopic (exact) mass is 304 g/mol. The number of halogens is 1. The van der Waals surface area contributed by atoms with Gasteiger partial charge >= 0.3 is 5.63 Å². The molecule has 0 spiro atoms. The van der Waals surface area contributed by atoms with Crippen molar-refractivity contribution in [2.45, 2.75) is 0 Å². The molecule has 2 aromatic carbocycles. The van der Waals surface area contributed by atoms with Crippen LogP contribution in [0.3, 0.4) is 0 Å². The van der Waals surface area contributed by atoms with Gasteiger partial charge in [0, 0.05) is 22.5 Å². The summed E-state index contributed by atoms with van der Waals surface area (Å²) in [6.07, 6.45) is 0. The third-order valence-corrected chi connectivity index (χ3v) is 3.06. The van der Waals surface area contributed by atoms with E-state index in [-0.39, 0.29) is 28.6 Å². The lowest BCUT2D eigenvalue weighted by atomic mass is 10.2. The maximum absolute atomic E-state index is 11.8. The van der Waals surface area contributed by atoms with E-state index in [9.17, 15) is 15.0 Å². The molecule has 3 rings (SSSR count). The van der Waals surface area contributed by atoms with Crippen LogP contribution in [0.25, 0.3) is 11.0 Å². The van der Waals surface area contributed by atoms with E-state index in [1.165, 1.54) is 36.4 Å². The van der Waals surface area contributed by atoms with Crippen molar-refractivity contribution < 1.29 is 19.4 Å². The lowest BCUT2D eigenvalue weighted by Gasteiger charge is -2.07. The third-order valence-electron chi connectivity index (χ3n) is 2.83. The average molecular weight is 305 g/mol. The third kappa shape index (κ3) is 2.64. The van der Waals surface area contributed by atoms with Crippen LogP contribution in [0.2, 0.25) is 5.02 Å². The van der Waals surface area contributed by atoms with E-state index in [4.69, 9.17) is 20.8 Å². The smallest absolute Gasteiger partial charge is 0.379 e. The first-order valence-electron chi connectivity index (χ1n) is 5.96. The highest BCUT2D eigenvalue weighted by Gasteiger charge is 2.11. The molecule has 0 bridgehead atoms. The van der Waals surface area contributed by atoms with Crippen LogP contribution in [0.1, 0.15) is 0 Å². The Hall–Kier alpha value is -2.66. The summed E-state index contributed by atoms with van der Waals surface area (Å²) in [7, 11) is 0. The van der Waals surface area contributed by atoms with Crippen LogP contribution < -0.4 is 10.4 Å². The summed E-state index contributed by atoms with van der Waals surface area (Å²) in [6.45, 7) is 0. The number of aromatic hydroxyl groups is 2. The molecule has 21 heavy (non-hydrogen) atoms. The molecule has 0 aliphatic carbocycles. The highest BCUT2D eigenvalue weighted by Crippen LogP contribution is 2.32. The second-order valence-electron chi connectivity index (χ2n) is 4.33. The largest absolute Gasteiger partial charge is 0.508 e. The number of hydrogen-bond donors (Lipinski definition) is 2. The fraction of sp³-hybridized carbons (Fsp3) is 0. The molecule has 0 radical (unpaired) electrons. The van der Waals surface area contributed by atoms with E-state index in [0.717, 1.165) is 0 Å². The molecule has 0 saturated carbocycles. The van der Waals surface area contributed by atoms with Gasteiger partial charge in [-0.05, 0) is 30.3 Å². The lowest BCUT2D eigenvalue weighted by molar-refractivity contribution is 0.395. The molecule has 0 atom stereocenters. The Kier molecular flexibility index (Phi) is 3.19. The first kappa shape index (κ1) is 13.3. The van der Waals surface area contributed by atoms with Crippen LogP contribution >= 0.6 is 11.6 Å². The number of hydrogen-bond acceptors (Lipinski definition) is 5. The highest BCUT2D eigenvalue weighted by molar-refractivity contribution is 6.30. The summed E-state index contributed by atoms with van der Waals surface area (Å²) in [4.78, 5) is 11.8. The van der Waals surface area contributed by atoms with Gasteiger partial charge in [0.2, 0.25) is 5.75 Å². The van der Waals surface area contributed by atoms with Crippen molar-refractivity contribution in [1.29, 1.82) is 0 Å². The van der Waals surface area contributed by atoms with Gasteiger partial charge < -0.3 is 19.4 Å². The SMILES string of the molecule is O=c1oc2cc(O)ccc2cc1Oc1ccc(Cl)cc1O. The number of fused-ring (bicyclic) bond motifs is 1. The molecule has 0 amide bonds. The number of phenols is 2. The summed E-state index contributed by atoms with van der Waals surface area (Å²) in [5.41, 5.74) is -0.477. The van der Waals surface area contributed by atoms with Crippen LogP contribution in [0.15, 0.2) is 51.7 Å². The second kappa shape index (κ2) is 5.03. The van der Waals surface area contributed by atoms with Gasteiger partial charge in [-0.2, -0.15) is 0 Å². The van der Waals surface area contributed by atoms with E-state index in [1.54, 1.807) is 6.07 Å². The Bertz CT molecular complexity index is 885. The zero-order valence-electron chi connectivity index (χ0n) is 10.5. The second-order valence-corrected chi connectivity index (χ2v) is 4.77. The van der Waals surface area contributed by atoms with Crippen LogP contribution in [0.5, 0.6) is 23.0 Å². The molecule has 0 aliphatic rings. The van der Waals surface area contributed by atoms with Crippen molar-refractivity contribution in [1.82, 2.24) is 0 Å². The molecule has 106 valence electrons. The van der Waals surface area contributed by atoms with E-state index < -0.39 is 5.63 Å². The van der Waals surface area contributed by atoms with Crippen molar-refractivity contribution in [3.63, 3.8) is 0 Å². The fourth-order valence-corrected chi connectivity index (χ4v) is 2.01. The highest BCUT2D eigenvalue weighted by atomic mass is 35.5. The van der Waals surface area contributed by atoms with E-state index in [1.807, 2.05) is 0 Å². The fourth-order valence-electron chi connectivity index (χ4n) is 1.85. The van der Waals surface area contributed by atoms with Gasteiger partial charge in [-0.1, -0.05) is 11.6 Å². The molecule has 6 heteroatoms. The van der Waals surface area contributed by atoms with Crippen molar-refractivity contribution in [3.8, 4) is 23.0 Å². The zero-order valence-corrected chi connectivity index (χ0v) is 11.3. The Morgan fingerprint density at radius 2 is 1.81 bits per heavy atom. The standard InChI is InChI=1S/C15H9ClO5/c16-9-2-4-12(11(18)6-9)20-14-5-8-1-3-10(17)7-13(8)21-15(14)19/h1-7,17-18H. The maximum Gasteiger partial charge on any atom is 0.379 e. The molecule has 0 saturated heterocycles. The van der Waals surface area contributed by atoms with Crippen molar-refractivity contribution >= 4 is 22.6 Å². The normalized spacial score (nSPS) is 10.7. The van der Waals surface area contributed by atoms with Gasteiger partial charge in [-0.3, -0.25) is 0 Å². The summed E-state index contributed by atoms with van der Waals surface area (Å²) in [6, 6.07) is 10.1. The molecular weight excluding hydrogens is 296 g/mol. The Morgan fingerprint density at radius 1 is 1.00 bits per heavy atom. The van der Waals surface area contributed by atoms with Gasteiger partial charge in [-0.15, -0.1) is 0 Å². The van der Waals surface area contributed by atoms with Crippen LogP contribution in [0, 0.1) is 0 Å². The number of phenolic OH excluding ortho intramolecular Hbond substituents is 2. The molecule has 5 nitrogen and oxygen atoms in total. The molecule has 1 aromatic heterocycles.